The molecule has 70 valence electrons. The van der Waals surface area contributed by atoms with E-state index in [1.165, 1.54) is 13.2 Å². The minimum Gasteiger partial charge on any atom is -0.464 e. The minimum absolute atomic E-state index is 0.0289. The Bertz CT molecular complexity index is 346. The summed E-state index contributed by atoms with van der Waals surface area (Å²) < 4.78 is 9.38. The van der Waals surface area contributed by atoms with Crippen molar-refractivity contribution in [2.75, 3.05) is 7.11 Å². The number of carbonyl (C=O) groups excluding carboxylic acids is 1. The maximum atomic E-state index is 10.9. The van der Waals surface area contributed by atoms with Crippen LogP contribution in [0.2, 0.25) is 0 Å². The molecule has 0 bridgehead atoms. The van der Waals surface area contributed by atoms with Crippen LogP contribution in [0.4, 0.5) is 0 Å². The van der Waals surface area contributed by atoms with Crippen LogP contribution < -0.4 is 0 Å². The molecule has 13 heavy (non-hydrogen) atoms. The van der Waals surface area contributed by atoms with Gasteiger partial charge in [0.15, 0.2) is 5.76 Å². The van der Waals surface area contributed by atoms with Gasteiger partial charge in [-0.25, -0.2) is 4.79 Å². The van der Waals surface area contributed by atoms with Crippen LogP contribution in [-0.4, -0.2) is 29.2 Å². The van der Waals surface area contributed by atoms with Gasteiger partial charge in [-0.1, -0.05) is 10.3 Å². The largest absolute Gasteiger partial charge is 0.464 e. The van der Waals surface area contributed by atoms with Crippen LogP contribution in [0.5, 0.6) is 0 Å². The summed E-state index contributed by atoms with van der Waals surface area (Å²) >= 11 is 3.01. The standard InChI is InChI=1S/C6H5BrN2O4/c1-12-6(10)5(8-11)3-2-4(7)9-13-3/h2,11H,1H3/b8-5+. The quantitative estimate of drug-likeness (QED) is 0.362. The highest BCUT2D eigenvalue weighted by atomic mass is 79.9. The second-order valence-corrected chi connectivity index (χ2v) is 2.77. The van der Waals surface area contributed by atoms with E-state index in [2.05, 4.69) is 35.5 Å². The summed E-state index contributed by atoms with van der Waals surface area (Å²) in [5.41, 5.74) is -0.333. The van der Waals surface area contributed by atoms with Crippen molar-refractivity contribution in [1.82, 2.24) is 5.16 Å². The summed E-state index contributed by atoms with van der Waals surface area (Å²) in [7, 11) is 1.17. The average Bonchev–Trinajstić information content (AvgIpc) is 2.53. The first-order valence-corrected chi connectivity index (χ1v) is 3.91. The lowest BCUT2D eigenvalue weighted by Gasteiger charge is -1.95. The maximum absolute atomic E-state index is 10.9. The summed E-state index contributed by atoms with van der Waals surface area (Å²) in [6.07, 6.45) is 0. The number of methoxy groups -OCH3 is 1. The lowest BCUT2D eigenvalue weighted by Crippen LogP contribution is -2.16. The highest BCUT2D eigenvalue weighted by molar-refractivity contribution is 9.10. The van der Waals surface area contributed by atoms with Gasteiger partial charge >= 0.3 is 5.97 Å². The average molecular weight is 249 g/mol. The number of rotatable bonds is 2. The molecule has 0 amide bonds. The molecule has 1 heterocycles. The van der Waals surface area contributed by atoms with Crippen molar-refractivity contribution in [1.29, 1.82) is 0 Å². The molecule has 1 rings (SSSR count). The Hall–Kier alpha value is -1.37. The molecule has 0 spiro atoms. The molecule has 1 aromatic rings. The van der Waals surface area contributed by atoms with E-state index in [1.807, 2.05) is 0 Å². The van der Waals surface area contributed by atoms with E-state index in [-0.39, 0.29) is 11.5 Å². The fraction of sp³-hybridized carbons (Fsp3) is 0.167. The second-order valence-electron chi connectivity index (χ2n) is 1.95. The number of oxime groups is 1. The van der Waals surface area contributed by atoms with Crippen LogP contribution in [-0.2, 0) is 9.53 Å². The molecular formula is C6H5BrN2O4. The Morgan fingerprint density at radius 1 is 1.85 bits per heavy atom. The van der Waals surface area contributed by atoms with Gasteiger partial charge in [0.25, 0.3) is 0 Å². The lowest BCUT2D eigenvalue weighted by molar-refractivity contribution is -0.132. The van der Waals surface area contributed by atoms with Gasteiger partial charge in [-0.3, -0.25) is 0 Å². The lowest BCUT2D eigenvalue weighted by atomic mass is 10.3. The normalized spacial score (nSPS) is 11.4. The summed E-state index contributed by atoms with van der Waals surface area (Å²) in [5.74, 6) is -0.771. The number of esters is 1. The van der Waals surface area contributed by atoms with Crippen LogP contribution in [0.25, 0.3) is 0 Å². The van der Waals surface area contributed by atoms with E-state index >= 15 is 0 Å². The molecule has 6 nitrogen and oxygen atoms in total. The second kappa shape index (κ2) is 4.04. The van der Waals surface area contributed by atoms with Crippen LogP contribution >= 0.6 is 15.9 Å². The zero-order valence-electron chi connectivity index (χ0n) is 6.52. The third kappa shape index (κ3) is 2.05. The molecule has 0 unspecified atom stereocenters. The first-order chi connectivity index (χ1) is 6.19. The van der Waals surface area contributed by atoms with E-state index in [9.17, 15) is 4.79 Å². The van der Waals surface area contributed by atoms with Crippen molar-refractivity contribution in [2.24, 2.45) is 5.16 Å². The molecule has 0 atom stereocenters. The Morgan fingerprint density at radius 2 is 2.54 bits per heavy atom. The van der Waals surface area contributed by atoms with Crippen molar-refractivity contribution in [3.05, 3.63) is 16.4 Å². The van der Waals surface area contributed by atoms with E-state index < -0.39 is 5.97 Å². The number of ether oxygens (including phenoxy) is 1. The molecular weight excluding hydrogens is 244 g/mol. The summed E-state index contributed by atoms with van der Waals surface area (Å²) in [6.45, 7) is 0. The maximum Gasteiger partial charge on any atom is 0.364 e. The van der Waals surface area contributed by atoms with E-state index in [4.69, 9.17) is 5.21 Å². The predicted octanol–water partition coefficient (Wildman–Crippen LogP) is 0.788. The monoisotopic (exact) mass is 248 g/mol. The third-order valence-electron chi connectivity index (χ3n) is 1.19. The molecule has 0 fully saturated rings. The van der Waals surface area contributed by atoms with Crippen LogP contribution in [0, 0.1) is 0 Å². The van der Waals surface area contributed by atoms with Crippen LogP contribution in [0.1, 0.15) is 5.76 Å². The molecule has 0 aliphatic rings. The SMILES string of the molecule is COC(=O)/C(=N/O)c1cc(Br)no1. The van der Waals surface area contributed by atoms with Gasteiger partial charge < -0.3 is 14.5 Å². The fourth-order valence-corrected chi connectivity index (χ4v) is 0.933. The predicted molar refractivity (Wildman–Crippen MR) is 44.5 cm³/mol. The summed E-state index contributed by atoms with van der Waals surface area (Å²) in [6, 6.07) is 1.38. The van der Waals surface area contributed by atoms with Gasteiger partial charge in [-0.2, -0.15) is 0 Å². The third-order valence-corrected chi connectivity index (χ3v) is 1.57. The number of hydrogen-bond donors (Lipinski definition) is 1. The molecule has 0 radical (unpaired) electrons. The van der Waals surface area contributed by atoms with Crippen molar-refractivity contribution < 1.29 is 19.3 Å². The smallest absolute Gasteiger partial charge is 0.364 e. The Balaban J connectivity index is 2.99. The van der Waals surface area contributed by atoms with Crippen LogP contribution in [0.3, 0.4) is 0 Å². The topological polar surface area (TPSA) is 84.9 Å². The van der Waals surface area contributed by atoms with E-state index in [0.29, 0.717) is 4.60 Å². The first-order valence-electron chi connectivity index (χ1n) is 3.12. The van der Waals surface area contributed by atoms with Gasteiger partial charge in [0.1, 0.15) is 4.60 Å². The number of aromatic nitrogens is 1. The van der Waals surface area contributed by atoms with E-state index in [0.717, 1.165) is 0 Å². The fourth-order valence-electron chi connectivity index (χ4n) is 0.653. The molecule has 0 aliphatic carbocycles. The zero-order chi connectivity index (χ0) is 9.84. The van der Waals surface area contributed by atoms with Gasteiger partial charge in [-0.05, 0) is 15.9 Å². The molecule has 0 saturated heterocycles. The van der Waals surface area contributed by atoms with Gasteiger partial charge in [0.2, 0.25) is 5.71 Å². The van der Waals surface area contributed by atoms with Gasteiger partial charge in [0.05, 0.1) is 7.11 Å². The number of nitrogens with zero attached hydrogens (tertiary/aromatic N) is 2. The molecule has 1 aromatic heterocycles. The minimum atomic E-state index is -0.800. The molecule has 1 N–H and O–H groups in total. The highest BCUT2D eigenvalue weighted by Crippen LogP contribution is 2.11. The summed E-state index contributed by atoms with van der Waals surface area (Å²) in [5, 5.41) is 14.6. The summed E-state index contributed by atoms with van der Waals surface area (Å²) in [4.78, 5) is 10.9. The van der Waals surface area contributed by atoms with Crippen LogP contribution in [0.15, 0.2) is 20.3 Å². The Kier molecular flexibility index (Phi) is 3.02. The Labute approximate surface area is 81.3 Å². The van der Waals surface area contributed by atoms with E-state index in [1.54, 1.807) is 0 Å². The number of hydrogen-bond acceptors (Lipinski definition) is 6. The van der Waals surface area contributed by atoms with Gasteiger partial charge in [0, 0.05) is 6.07 Å². The zero-order valence-corrected chi connectivity index (χ0v) is 8.11. The first kappa shape index (κ1) is 9.72. The molecule has 0 aliphatic heterocycles. The molecule has 0 aromatic carbocycles. The highest BCUT2D eigenvalue weighted by Gasteiger charge is 2.19. The number of carbonyl (C=O) groups is 1. The van der Waals surface area contributed by atoms with Crippen molar-refractivity contribution in [3.8, 4) is 0 Å². The van der Waals surface area contributed by atoms with Gasteiger partial charge in [-0.15, -0.1) is 0 Å². The molecule has 0 saturated carbocycles. The van der Waals surface area contributed by atoms with Crippen molar-refractivity contribution in [2.45, 2.75) is 0 Å². The van der Waals surface area contributed by atoms with Crippen molar-refractivity contribution in [3.63, 3.8) is 0 Å². The number of halogens is 1. The molecule has 7 heteroatoms. The Morgan fingerprint density at radius 3 is 2.92 bits per heavy atom. The van der Waals surface area contributed by atoms with Crippen molar-refractivity contribution >= 4 is 27.6 Å².